The van der Waals surface area contributed by atoms with Crippen molar-refractivity contribution in [2.75, 3.05) is 0 Å². The number of nitrogens with zero attached hydrogens (tertiary/aromatic N) is 4. The molecule has 0 saturated carbocycles. The van der Waals surface area contributed by atoms with Crippen LogP contribution in [0.25, 0.3) is 0 Å². The summed E-state index contributed by atoms with van der Waals surface area (Å²) in [6.45, 7) is 0.181. The fourth-order valence-electron chi connectivity index (χ4n) is 2.52. The molecule has 0 amide bonds. The van der Waals surface area contributed by atoms with E-state index in [4.69, 9.17) is 16.3 Å². The summed E-state index contributed by atoms with van der Waals surface area (Å²) in [5.74, 6) is 0.317. The highest BCUT2D eigenvalue weighted by Gasteiger charge is 2.31. The van der Waals surface area contributed by atoms with E-state index in [-0.39, 0.29) is 18.3 Å². The van der Waals surface area contributed by atoms with Crippen molar-refractivity contribution in [3.63, 3.8) is 0 Å². The number of aliphatic carboxylic acids is 1. The number of thiophene rings is 1. The maximum absolute atomic E-state index is 11.2. The Morgan fingerprint density at radius 2 is 2.07 bits per heavy atom. The average molecular weight is 421 g/mol. The summed E-state index contributed by atoms with van der Waals surface area (Å²) < 4.78 is 7.36. The van der Waals surface area contributed by atoms with Crippen LogP contribution in [0.15, 0.2) is 52.0 Å². The van der Waals surface area contributed by atoms with Crippen LogP contribution < -0.4 is 4.74 Å². The second kappa shape index (κ2) is 7.71. The third-order valence-electron chi connectivity index (χ3n) is 3.75. The van der Waals surface area contributed by atoms with Crippen molar-refractivity contribution in [1.29, 1.82) is 0 Å². The van der Waals surface area contributed by atoms with E-state index in [0.29, 0.717) is 27.5 Å². The molecule has 1 aliphatic rings. The molecule has 0 spiro atoms. The number of hydrogen-bond donors (Lipinski definition) is 1. The van der Waals surface area contributed by atoms with E-state index >= 15 is 0 Å². The third kappa shape index (κ3) is 4.00. The molecule has 0 fully saturated rings. The molecule has 1 atom stereocenters. The van der Waals surface area contributed by atoms with Gasteiger partial charge in [0.1, 0.15) is 12.4 Å². The Hall–Kier alpha value is -2.36. The molecule has 2 aromatic heterocycles. The van der Waals surface area contributed by atoms with Crippen LogP contribution in [-0.2, 0) is 11.4 Å². The lowest BCUT2D eigenvalue weighted by atomic mass is 10.1. The van der Waals surface area contributed by atoms with Gasteiger partial charge < -0.3 is 9.84 Å². The Bertz CT molecular complexity index is 986. The quantitative estimate of drug-likeness (QED) is 0.652. The highest BCUT2D eigenvalue weighted by atomic mass is 35.5. The fraction of sp³-hybridized carbons (Fsp3) is 0.176. The smallest absolute Gasteiger partial charge is 0.304 e. The molecule has 3 heterocycles. The normalized spacial score (nSPS) is 15.9. The van der Waals surface area contributed by atoms with Gasteiger partial charge >= 0.3 is 5.97 Å². The van der Waals surface area contributed by atoms with Gasteiger partial charge in [0.05, 0.1) is 22.3 Å². The molecular weight excluding hydrogens is 408 g/mol. The molecule has 4 rings (SSSR count). The van der Waals surface area contributed by atoms with Crippen molar-refractivity contribution in [3.8, 4) is 5.75 Å². The standard InChI is InChI=1S/C17H13ClN4O3S2/c18-10-3-5-11(6-4-10)25-9-14-19-20-17-22(14)21-16(12-2-1-7-26-12)13(27-17)8-15(23)24/h1-7,13H,8-9H2,(H,23,24). The lowest BCUT2D eigenvalue weighted by Crippen LogP contribution is -2.26. The molecule has 138 valence electrons. The van der Waals surface area contributed by atoms with Gasteiger partial charge in [-0.25, -0.2) is 0 Å². The maximum atomic E-state index is 11.2. The van der Waals surface area contributed by atoms with Crippen LogP contribution in [0.3, 0.4) is 0 Å². The van der Waals surface area contributed by atoms with Gasteiger partial charge in [-0.05, 0) is 35.7 Å². The van der Waals surface area contributed by atoms with Crippen LogP contribution in [-0.4, -0.2) is 36.9 Å². The lowest BCUT2D eigenvalue weighted by Gasteiger charge is -2.21. The van der Waals surface area contributed by atoms with Crippen LogP contribution in [0.4, 0.5) is 0 Å². The number of rotatable bonds is 6. The number of hydrogen-bond acceptors (Lipinski definition) is 7. The number of carbonyl (C=O) groups is 1. The van der Waals surface area contributed by atoms with Crippen LogP contribution >= 0.6 is 34.7 Å². The Morgan fingerprint density at radius 3 is 2.78 bits per heavy atom. The van der Waals surface area contributed by atoms with Gasteiger partial charge in [-0.2, -0.15) is 9.78 Å². The number of aromatic nitrogens is 3. The maximum Gasteiger partial charge on any atom is 0.304 e. The number of ether oxygens (including phenoxy) is 1. The van der Waals surface area contributed by atoms with Crippen molar-refractivity contribution >= 4 is 46.4 Å². The molecule has 1 aromatic carbocycles. The van der Waals surface area contributed by atoms with Crippen molar-refractivity contribution in [2.45, 2.75) is 23.4 Å². The molecule has 1 aliphatic heterocycles. The second-order valence-corrected chi connectivity index (χ2v) is 8.17. The zero-order chi connectivity index (χ0) is 18.8. The topological polar surface area (TPSA) is 89.6 Å². The zero-order valence-corrected chi connectivity index (χ0v) is 16.2. The molecule has 0 bridgehead atoms. The number of carboxylic acids is 1. The molecular formula is C17H13ClN4O3S2. The predicted octanol–water partition coefficient (Wildman–Crippen LogP) is 3.77. The third-order valence-corrected chi connectivity index (χ3v) is 6.04. The van der Waals surface area contributed by atoms with Crippen LogP contribution in [0, 0.1) is 0 Å². The lowest BCUT2D eigenvalue weighted by molar-refractivity contribution is -0.136. The summed E-state index contributed by atoms with van der Waals surface area (Å²) in [7, 11) is 0. The summed E-state index contributed by atoms with van der Waals surface area (Å²) >= 11 is 8.74. The fourth-order valence-corrected chi connectivity index (χ4v) is 4.59. The summed E-state index contributed by atoms with van der Waals surface area (Å²) in [6.07, 6.45) is -0.0368. The Kier molecular flexibility index (Phi) is 5.15. The van der Waals surface area contributed by atoms with Gasteiger partial charge in [0.25, 0.3) is 0 Å². The van der Waals surface area contributed by atoms with Crippen molar-refractivity contribution < 1.29 is 14.6 Å². The molecule has 1 N–H and O–H groups in total. The van der Waals surface area contributed by atoms with Crippen molar-refractivity contribution in [3.05, 3.63) is 57.5 Å². The monoisotopic (exact) mass is 420 g/mol. The first kappa shape index (κ1) is 18.0. The minimum absolute atomic E-state index is 0.0368. The van der Waals surface area contributed by atoms with Crippen LogP contribution in [0.5, 0.6) is 5.75 Å². The number of fused-ring (bicyclic) bond motifs is 1. The van der Waals surface area contributed by atoms with E-state index in [1.54, 1.807) is 28.9 Å². The Labute approximate surface area is 167 Å². The van der Waals surface area contributed by atoms with Gasteiger partial charge in [-0.1, -0.05) is 29.4 Å². The summed E-state index contributed by atoms with van der Waals surface area (Å²) in [4.78, 5) is 12.2. The molecule has 7 nitrogen and oxygen atoms in total. The van der Waals surface area contributed by atoms with Crippen molar-refractivity contribution in [1.82, 2.24) is 14.9 Å². The molecule has 0 saturated heterocycles. The van der Waals surface area contributed by atoms with E-state index < -0.39 is 5.97 Å². The van der Waals surface area contributed by atoms with E-state index in [1.165, 1.54) is 23.1 Å². The molecule has 27 heavy (non-hydrogen) atoms. The van der Waals surface area contributed by atoms with E-state index in [9.17, 15) is 9.90 Å². The molecule has 0 radical (unpaired) electrons. The molecule has 10 heteroatoms. The van der Waals surface area contributed by atoms with Crippen LogP contribution in [0.2, 0.25) is 5.02 Å². The highest BCUT2D eigenvalue weighted by molar-refractivity contribution is 8.00. The minimum Gasteiger partial charge on any atom is -0.486 e. The van der Waals surface area contributed by atoms with Crippen molar-refractivity contribution in [2.24, 2.45) is 5.10 Å². The highest BCUT2D eigenvalue weighted by Crippen LogP contribution is 2.33. The second-order valence-electron chi connectivity index (χ2n) is 5.62. The van der Waals surface area contributed by atoms with E-state index in [2.05, 4.69) is 15.3 Å². The number of carboxylic acid groups (broad SMARTS) is 1. The van der Waals surface area contributed by atoms with Crippen LogP contribution in [0.1, 0.15) is 17.1 Å². The number of halogens is 1. The van der Waals surface area contributed by atoms with Gasteiger partial charge in [-0.3, -0.25) is 4.79 Å². The van der Waals surface area contributed by atoms with Gasteiger partial charge in [0.2, 0.25) is 5.16 Å². The number of thioether (sulfide) groups is 1. The first-order valence-corrected chi connectivity index (χ1v) is 10.1. The average Bonchev–Trinajstić information content (AvgIpc) is 3.30. The summed E-state index contributed by atoms with van der Waals surface area (Å²) in [5.41, 5.74) is 0.706. The molecule has 1 unspecified atom stereocenters. The Balaban J connectivity index is 1.61. The first-order chi connectivity index (χ1) is 13.1. The van der Waals surface area contributed by atoms with Gasteiger partial charge in [0.15, 0.2) is 5.82 Å². The van der Waals surface area contributed by atoms with Gasteiger partial charge in [0, 0.05) is 5.02 Å². The summed E-state index contributed by atoms with van der Waals surface area (Å²) in [5, 5.41) is 25.0. The molecule has 3 aromatic rings. The number of benzene rings is 1. The SMILES string of the molecule is O=C(O)CC1Sc2nnc(COc3ccc(Cl)cc3)n2N=C1c1cccs1. The zero-order valence-electron chi connectivity index (χ0n) is 13.8. The van der Waals surface area contributed by atoms with E-state index in [1.807, 2.05) is 17.5 Å². The molecule has 0 aliphatic carbocycles. The largest absolute Gasteiger partial charge is 0.486 e. The van der Waals surface area contributed by atoms with E-state index in [0.717, 1.165) is 4.88 Å². The Morgan fingerprint density at radius 1 is 1.26 bits per heavy atom. The minimum atomic E-state index is -0.879. The first-order valence-electron chi connectivity index (χ1n) is 7.94. The van der Waals surface area contributed by atoms with Gasteiger partial charge in [-0.15, -0.1) is 21.5 Å². The predicted molar refractivity (Wildman–Crippen MR) is 104 cm³/mol. The summed E-state index contributed by atoms with van der Waals surface area (Å²) in [6, 6.07) is 10.9.